The lowest BCUT2D eigenvalue weighted by Gasteiger charge is -1.87. The molecular formula is C11H7N5OS. The lowest BCUT2D eigenvalue weighted by Crippen LogP contribution is -1.88. The van der Waals surface area contributed by atoms with Gasteiger partial charge in [-0.3, -0.25) is 4.68 Å². The summed E-state index contributed by atoms with van der Waals surface area (Å²) in [6.45, 7) is 0. The Kier molecular flexibility index (Phi) is 2.42. The Labute approximate surface area is 106 Å². The zero-order valence-electron chi connectivity index (χ0n) is 9.36. The second-order valence-corrected chi connectivity index (χ2v) is 4.49. The summed E-state index contributed by atoms with van der Waals surface area (Å²) in [6.07, 6.45) is 1.80. The van der Waals surface area contributed by atoms with Crippen LogP contribution in [0.5, 0.6) is 0 Å². The van der Waals surface area contributed by atoms with Crippen LogP contribution in [0.4, 0.5) is 0 Å². The molecule has 3 aromatic rings. The molecular weight excluding hydrogens is 250 g/mol. The summed E-state index contributed by atoms with van der Waals surface area (Å²) in [7, 11) is 1.82. The number of rotatable bonds is 2. The topological polar surface area (TPSA) is 80.5 Å². The molecule has 0 atom stereocenters. The smallest absolute Gasteiger partial charge is 0.269 e. The molecule has 0 radical (unpaired) electrons. The van der Waals surface area contributed by atoms with Gasteiger partial charge in [0, 0.05) is 13.2 Å². The standard InChI is InChI=1S/C11H7N5OS/c1-16-4-2-8(14-16)10-13-11(17-15-10)9-7(6-12)3-5-18-9/h2-5H,1H3. The number of aryl methyl sites for hydroxylation is 1. The highest BCUT2D eigenvalue weighted by atomic mass is 32.1. The normalized spacial score (nSPS) is 10.4. The Balaban J connectivity index is 2.02. The van der Waals surface area contributed by atoms with Gasteiger partial charge in [-0.1, -0.05) is 5.16 Å². The van der Waals surface area contributed by atoms with Crippen LogP contribution in [-0.4, -0.2) is 19.9 Å². The number of thiophene rings is 1. The molecule has 0 saturated carbocycles. The first-order valence-electron chi connectivity index (χ1n) is 5.09. The van der Waals surface area contributed by atoms with Crippen molar-refractivity contribution >= 4 is 11.3 Å². The van der Waals surface area contributed by atoms with E-state index >= 15 is 0 Å². The van der Waals surface area contributed by atoms with Gasteiger partial charge >= 0.3 is 0 Å². The summed E-state index contributed by atoms with van der Waals surface area (Å²) in [6, 6.07) is 5.62. The Morgan fingerprint density at radius 1 is 1.44 bits per heavy atom. The van der Waals surface area contributed by atoms with Gasteiger partial charge in [-0.05, 0) is 17.5 Å². The van der Waals surface area contributed by atoms with Crippen LogP contribution < -0.4 is 0 Å². The summed E-state index contributed by atoms with van der Waals surface area (Å²) in [5.41, 5.74) is 1.18. The SMILES string of the molecule is Cn1ccc(-c2noc(-c3sccc3C#N)n2)n1. The van der Waals surface area contributed by atoms with Gasteiger partial charge in [0.15, 0.2) is 0 Å². The highest BCUT2D eigenvalue weighted by Crippen LogP contribution is 2.28. The fraction of sp³-hybridized carbons (Fsp3) is 0.0909. The first-order valence-corrected chi connectivity index (χ1v) is 5.97. The van der Waals surface area contributed by atoms with Gasteiger partial charge in [0.2, 0.25) is 5.82 Å². The number of hydrogen-bond donors (Lipinski definition) is 0. The minimum absolute atomic E-state index is 0.349. The monoisotopic (exact) mass is 257 g/mol. The van der Waals surface area contributed by atoms with E-state index < -0.39 is 0 Å². The van der Waals surface area contributed by atoms with Crippen molar-refractivity contribution in [2.45, 2.75) is 0 Å². The molecule has 0 unspecified atom stereocenters. The van der Waals surface area contributed by atoms with E-state index in [1.807, 2.05) is 12.4 Å². The van der Waals surface area contributed by atoms with Crippen molar-refractivity contribution in [2.24, 2.45) is 7.05 Å². The number of aromatic nitrogens is 4. The summed E-state index contributed by atoms with van der Waals surface area (Å²) in [5.74, 6) is 0.769. The highest BCUT2D eigenvalue weighted by molar-refractivity contribution is 7.13. The molecule has 0 fully saturated rings. The lowest BCUT2D eigenvalue weighted by molar-refractivity contribution is 0.433. The minimum Gasteiger partial charge on any atom is -0.333 e. The highest BCUT2D eigenvalue weighted by Gasteiger charge is 2.16. The average molecular weight is 257 g/mol. The Hall–Kier alpha value is -2.46. The van der Waals surface area contributed by atoms with Crippen LogP contribution in [0, 0.1) is 11.3 Å². The van der Waals surface area contributed by atoms with Crippen LogP contribution in [0.15, 0.2) is 28.2 Å². The van der Waals surface area contributed by atoms with Crippen molar-refractivity contribution in [3.8, 4) is 28.4 Å². The van der Waals surface area contributed by atoms with Gasteiger partial charge in [-0.25, -0.2) is 0 Å². The zero-order valence-corrected chi connectivity index (χ0v) is 10.2. The van der Waals surface area contributed by atoms with Crippen LogP contribution in [-0.2, 0) is 7.05 Å². The lowest BCUT2D eigenvalue weighted by atomic mass is 10.3. The van der Waals surface area contributed by atoms with Crippen molar-refractivity contribution in [1.29, 1.82) is 5.26 Å². The van der Waals surface area contributed by atoms with Gasteiger partial charge in [0.1, 0.15) is 16.6 Å². The van der Waals surface area contributed by atoms with Crippen LogP contribution in [0.2, 0.25) is 0 Å². The van der Waals surface area contributed by atoms with E-state index in [2.05, 4.69) is 21.3 Å². The molecule has 6 nitrogen and oxygen atoms in total. The number of nitrogens with zero attached hydrogens (tertiary/aromatic N) is 5. The Morgan fingerprint density at radius 2 is 2.33 bits per heavy atom. The number of nitriles is 1. The van der Waals surface area contributed by atoms with Crippen molar-refractivity contribution in [3.05, 3.63) is 29.3 Å². The van der Waals surface area contributed by atoms with E-state index in [0.29, 0.717) is 27.8 Å². The maximum Gasteiger partial charge on any atom is 0.269 e. The Bertz CT molecular complexity index is 733. The second-order valence-electron chi connectivity index (χ2n) is 3.57. The maximum atomic E-state index is 8.95. The molecule has 0 spiro atoms. The fourth-order valence-corrected chi connectivity index (χ4v) is 2.28. The largest absolute Gasteiger partial charge is 0.333 e. The van der Waals surface area contributed by atoms with Crippen LogP contribution in [0.3, 0.4) is 0 Å². The molecule has 0 N–H and O–H groups in total. The molecule has 0 saturated heterocycles. The molecule has 7 heteroatoms. The molecule has 3 heterocycles. The van der Waals surface area contributed by atoms with E-state index in [-0.39, 0.29) is 0 Å². The molecule has 0 aliphatic rings. The predicted molar refractivity (Wildman–Crippen MR) is 64.5 cm³/mol. The fourth-order valence-electron chi connectivity index (χ4n) is 1.52. The molecule has 0 amide bonds. The molecule has 0 aromatic carbocycles. The third-order valence-corrected chi connectivity index (χ3v) is 3.25. The van der Waals surface area contributed by atoms with Gasteiger partial charge in [-0.2, -0.15) is 15.3 Å². The minimum atomic E-state index is 0.349. The van der Waals surface area contributed by atoms with E-state index in [9.17, 15) is 0 Å². The zero-order chi connectivity index (χ0) is 12.5. The van der Waals surface area contributed by atoms with Crippen LogP contribution in [0.25, 0.3) is 22.3 Å². The van der Waals surface area contributed by atoms with E-state index in [1.165, 1.54) is 11.3 Å². The molecule has 3 aromatic heterocycles. The van der Waals surface area contributed by atoms with E-state index in [1.54, 1.807) is 23.0 Å². The quantitative estimate of drug-likeness (QED) is 0.702. The summed E-state index contributed by atoms with van der Waals surface area (Å²) >= 11 is 1.40. The summed E-state index contributed by atoms with van der Waals surface area (Å²) in [5, 5.41) is 18.8. The maximum absolute atomic E-state index is 8.95. The van der Waals surface area contributed by atoms with Gasteiger partial charge in [-0.15, -0.1) is 11.3 Å². The first-order chi connectivity index (χ1) is 8.78. The number of hydrogen-bond acceptors (Lipinski definition) is 6. The third kappa shape index (κ3) is 1.69. The van der Waals surface area contributed by atoms with Crippen molar-refractivity contribution < 1.29 is 4.52 Å². The molecule has 0 aliphatic carbocycles. The third-order valence-electron chi connectivity index (χ3n) is 2.35. The van der Waals surface area contributed by atoms with Gasteiger partial charge in [0.25, 0.3) is 5.89 Å². The molecule has 88 valence electrons. The average Bonchev–Trinajstić information content (AvgIpc) is 3.07. The van der Waals surface area contributed by atoms with Crippen molar-refractivity contribution in [1.82, 2.24) is 19.9 Å². The van der Waals surface area contributed by atoms with Gasteiger partial charge < -0.3 is 4.52 Å². The predicted octanol–water partition coefficient (Wildman–Crippen LogP) is 2.07. The van der Waals surface area contributed by atoms with Crippen LogP contribution in [0.1, 0.15) is 5.56 Å². The van der Waals surface area contributed by atoms with Crippen molar-refractivity contribution in [2.75, 3.05) is 0 Å². The van der Waals surface area contributed by atoms with Crippen LogP contribution >= 0.6 is 11.3 Å². The summed E-state index contributed by atoms with van der Waals surface area (Å²) in [4.78, 5) is 4.94. The molecule has 18 heavy (non-hydrogen) atoms. The Morgan fingerprint density at radius 3 is 3.06 bits per heavy atom. The first kappa shape index (κ1) is 10.7. The molecule has 0 bridgehead atoms. The van der Waals surface area contributed by atoms with E-state index in [0.717, 1.165) is 0 Å². The second kappa shape index (κ2) is 4.09. The van der Waals surface area contributed by atoms with Gasteiger partial charge in [0.05, 0.1) is 5.56 Å². The van der Waals surface area contributed by atoms with Crippen molar-refractivity contribution in [3.63, 3.8) is 0 Å². The van der Waals surface area contributed by atoms with E-state index in [4.69, 9.17) is 9.78 Å². The summed E-state index contributed by atoms with van der Waals surface area (Å²) < 4.78 is 6.83. The molecule has 3 rings (SSSR count). The molecule has 0 aliphatic heterocycles.